The van der Waals surface area contributed by atoms with E-state index in [4.69, 9.17) is 0 Å². The van der Waals surface area contributed by atoms with Crippen LogP contribution < -0.4 is 0 Å². The van der Waals surface area contributed by atoms with Gasteiger partial charge in [-0.2, -0.15) is 0 Å². The van der Waals surface area contributed by atoms with Crippen LogP contribution in [-0.4, -0.2) is 3.42 Å². The van der Waals surface area contributed by atoms with Gasteiger partial charge >= 0.3 is 0 Å². The molecular weight excluding hydrogens is 297 g/mol. The maximum absolute atomic E-state index is 13.5. The summed E-state index contributed by atoms with van der Waals surface area (Å²) in [5, 5.41) is 0. The molecule has 3 heteroatoms. The molecule has 0 saturated heterocycles. The van der Waals surface area contributed by atoms with Crippen molar-refractivity contribution in [1.82, 2.24) is 0 Å². The van der Waals surface area contributed by atoms with E-state index < -0.39 is 0 Å². The number of benzene rings is 1. The molecule has 1 aromatic carbocycles. The summed E-state index contributed by atoms with van der Waals surface area (Å²) < 4.78 is 27.3. The fourth-order valence-corrected chi connectivity index (χ4v) is 5.12. The standard InChI is InChI=1S/C11H9F2I/c12-7-2-1-3-8(13)9(7)10-4-11(14,5-10)6-10/h1-3H,4-6H2. The molecule has 4 rings (SSSR count). The second-order valence-corrected chi connectivity index (χ2v) is 6.85. The van der Waals surface area contributed by atoms with Gasteiger partial charge < -0.3 is 0 Å². The second kappa shape index (κ2) is 2.49. The molecule has 0 spiro atoms. The first-order valence-electron chi connectivity index (χ1n) is 4.68. The topological polar surface area (TPSA) is 0 Å². The zero-order valence-electron chi connectivity index (χ0n) is 7.49. The summed E-state index contributed by atoms with van der Waals surface area (Å²) in [7, 11) is 0. The Labute approximate surface area is 94.8 Å². The van der Waals surface area contributed by atoms with Crippen LogP contribution in [0.3, 0.4) is 0 Å². The van der Waals surface area contributed by atoms with Crippen LogP contribution in [0.1, 0.15) is 24.8 Å². The molecule has 74 valence electrons. The third kappa shape index (κ3) is 0.965. The normalized spacial score (nSPS) is 38.8. The van der Waals surface area contributed by atoms with Gasteiger partial charge in [0.2, 0.25) is 0 Å². The quantitative estimate of drug-likeness (QED) is 0.549. The minimum atomic E-state index is -0.372. The number of rotatable bonds is 1. The number of halogens is 3. The van der Waals surface area contributed by atoms with Gasteiger partial charge in [0.25, 0.3) is 0 Å². The Kier molecular flexibility index (Phi) is 1.61. The average molecular weight is 306 g/mol. The molecule has 0 aromatic heterocycles. The van der Waals surface area contributed by atoms with E-state index in [0.29, 0.717) is 8.99 Å². The van der Waals surface area contributed by atoms with Crippen LogP contribution in [0.2, 0.25) is 0 Å². The predicted molar refractivity (Wildman–Crippen MR) is 58.6 cm³/mol. The van der Waals surface area contributed by atoms with Crippen molar-refractivity contribution in [1.29, 1.82) is 0 Å². The van der Waals surface area contributed by atoms with E-state index >= 15 is 0 Å². The maximum atomic E-state index is 13.5. The van der Waals surface area contributed by atoms with Crippen molar-refractivity contribution in [3.63, 3.8) is 0 Å². The lowest BCUT2D eigenvalue weighted by atomic mass is 9.42. The molecule has 0 heterocycles. The Balaban J connectivity index is 2.06. The van der Waals surface area contributed by atoms with Crippen LogP contribution in [0.5, 0.6) is 0 Å². The van der Waals surface area contributed by atoms with E-state index in [2.05, 4.69) is 22.6 Å². The zero-order valence-corrected chi connectivity index (χ0v) is 9.64. The van der Waals surface area contributed by atoms with Gasteiger partial charge in [0.05, 0.1) is 0 Å². The molecule has 0 N–H and O–H groups in total. The van der Waals surface area contributed by atoms with Crippen molar-refractivity contribution in [2.75, 3.05) is 0 Å². The third-order valence-corrected chi connectivity index (χ3v) is 4.60. The Hall–Kier alpha value is -0.190. The van der Waals surface area contributed by atoms with E-state index in [-0.39, 0.29) is 17.0 Å². The Morgan fingerprint density at radius 2 is 1.57 bits per heavy atom. The minimum Gasteiger partial charge on any atom is -0.207 e. The van der Waals surface area contributed by atoms with Crippen LogP contribution in [0, 0.1) is 11.6 Å². The lowest BCUT2D eigenvalue weighted by Crippen LogP contribution is -2.66. The molecule has 0 unspecified atom stereocenters. The summed E-state index contributed by atoms with van der Waals surface area (Å²) in [5.41, 5.74) is 0.176. The molecule has 0 radical (unpaired) electrons. The molecule has 0 atom stereocenters. The van der Waals surface area contributed by atoms with Gasteiger partial charge in [-0.05, 0) is 31.4 Å². The summed E-state index contributed by atoms with van der Waals surface area (Å²) in [6.45, 7) is 0. The highest BCUT2D eigenvalue weighted by atomic mass is 127. The molecule has 3 aliphatic rings. The van der Waals surface area contributed by atoms with Crippen LogP contribution in [-0.2, 0) is 5.41 Å². The largest absolute Gasteiger partial charge is 0.207 e. The summed E-state index contributed by atoms with van der Waals surface area (Å²) >= 11 is 2.41. The van der Waals surface area contributed by atoms with Crippen molar-refractivity contribution in [3.8, 4) is 0 Å². The van der Waals surface area contributed by atoms with Gasteiger partial charge in [-0.3, -0.25) is 0 Å². The lowest BCUT2D eigenvalue weighted by molar-refractivity contribution is 0.0154. The predicted octanol–water partition coefficient (Wildman–Crippen LogP) is 3.57. The van der Waals surface area contributed by atoms with Gasteiger partial charge in [-0.25, -0.2) is 8.78 Å². The Morgan fingerprint density at radius 3 is 2.00 bits per heavy atom. The summed E-state index contributed by atoms with van der Waals surface area (Å²) in [4.78, 5) is 0. The maximum Gasteiger partial charge on any atom is 0.129 e. The molecule has 3 saturated carbocycles. The highest BCUT2D eigenvalue weighted by molar-refractivity contribution is 14.1. The highest BCUT2D eigenvalue weighted by Crippen LogP contribution is 2.72. The molecule has 2 bridgehead atoms. The molecule has 3 aliphatic carbocycles. The first-order chi connectivity index (χ1) is 6.55. The molecule has 0 nitrogen and oxygen atoms in total. The molecule has 14 heavy (non-hydrogen) atoms. The van der Waals surface area contributed by atoms with Gasteiger partial charge in [0, 0.05) is 14.4 Å². The number of hydrogen-bond acceptors (Lipinski definition) is 0. The minimum absolute atomic E-state index is 0.156. The summed E-state index contributed by atoms with van der Waals surface area (Å²) in [6.07, 6.45) is 2.83. The molecular formula is C11H9F2I. The van der Waals surface area contributed by atoms with Crippen LogP contribution in [0.4, 0.5) is 8.78 Å². The third-order valence-electron chi connectivity index (χ3n) is 3.46. The Bertz CT molecular complexity index is 374. The number of alkyl halides is 1. The highest BCUT2D eigenvalue weighted by Gasteiger charge is 2.68. The molecule has 0 amide bonds. The average Bonchev–Trinajstić information content (AvgIpc) is 1.98. The fourth-order valence-electron chi connectivity index (χ4n) is 2.93. The van der Waals surface area contributed by atoms with E-state index in [9.17, 15) is 8.78 Å². The van der Waals surface area contributed by atoms with E-state index in [1.165, 1.54) is 18.2 Å². The van der Waals surface area contributed by atoms with Gasteiger partial charge in [-0.1, -0.05) is 28.7 Å². The van der Waals surface area contributed by atoms with E-state index in [1.54, 1.807) is 0 Å². The van der Waals surface area contributed by atoms with Gasteiger partial charge in [0.1, 0.15) is 11.6 Å². The molecule has 3 fully saturated rings. The zero-order chi connectivity index (χ0) is 9.97. The SMILES string of the molecule is Fc1cccc(F)c1C12CC(I)(C1)C2. The number of hydrogen-bond donors (Lipinski definition) is 0. The van der Waals surface area contributed by atoms with Crippen molar-refractivity contribution in [2.24, 2.45) is 0 Å². The summed E-state index contributed by atoms with van der Waals surface area (Å²) in [6, 6.07) is 4.15. The van der Waals surface area contributed by atoms with Crippen molar-refractivity contribution >= 4 is 22.6 Å². The smallest absolute Gasteiger partial charge is 0.129 e. The first kappa shape index (κ1) is 9.07. The van der Waals surface area contributed by atoms with Crippen LogP contribution in [0.15, 0.2) is 18.2 Å². The second-order valence-electron chi connectivity index (χ2n) is 4.56. The van der Waals surface area contributed by atoms with Crippen LogP contribution in [0.25, 0.3) is 0 Å². The summed E-state index contributed by atoms with van der Waals surface area (Å²) in [5.74, 6) is -0.744. The molecule has 1 aromatic rings. The van der Waals surface area contributed by atoms with E-state index in [1.807, 2.05) is 0 Å². The van der Waals surface area contributed by atoms with E-state index in [0.717, 1.165) is 19.3 Å². The van der Waals surface area contributed by atoms with Crippen molar-refractivity contribution in [3.05, 3.63) is 35.4 Å². The molecule has 0 aliphatic heterocycles. The van der Waals surface area contributed by atoms with Gasteiger partial charge in [0.15, 0.2) is 0 Å². The lowest BCUT2D eigenvalue weighted by Gasteiger charge is -2.68. The first-order valence-corrected chi connectivity index (χ1v) is 5.76. The Morgan fingerprint density at radius 1 is 1.07 bits per heavy atom. The fraction of sp³-hybridized carbons (Fsp3) is 0.455. The van der Waals surface area contributed by atoms with Crippen molar-refractivity contribution in [2.45, 2.75) is 28.1 Å². The van der Waals surface area contributed by atoms with Crippen LogP contribution >= 0.6 is 22.6 Å². The van der Waals surface area contributed by atoms with Crippen molar-refractivity contribution < 1.29 is 8.78 Å². The van der Waals surface area contributed by atoms with Gasteiger partial charge in [-0.15, -0.1) is 0 Å². The monoisotopic (exact) mass is 306 g/mol.